The molecule has 18 heavy (non-hydrogen) atoms. The maximum atomic E-state index is 11.5. The molecule has 0 aliphatic heterocycles. The predicted molar refractivity (Wildman–Crippen MR) is 61.6 cm³/mol. The third kappa shape index (κ3) is 2.88. The van der Waals surface area contributed by atoms with Gasteiger partial charge >= 0.3 is 6.16 Å². The van der Waals surface area contributed by atoms with E-state index in [0.29, 0.717) is 11.6 Å². The van der Waals surface area contributed by atoms with E-state index in [-0.39, 0.29) is 0 Å². The van der Waals surface area contributed by atoms with Gasteiger partial charge in [0.1, 0.15) is 11.6 Å². The zero-order chi connectivity index (χ0) is 13.0. The predicted octanol–water partition coefficient (Wildman–Crippen LogP) is 2.11. The Balaban J connectivity index is 1.85. The van der Waals surface area contributed by atoms with Crippen LogP contribution in [0.15, 0.2) is 24.8 Å². The van der Waals surface area contributed by atoms with E-state index in [1.165, 1.54) is 0 Å². The maximum Gasteiger partial charge on any atom is 0.509 e. The monoisotopic (exact) mass is 250 g/mol. The van der Waals surface area contributed by atoms with Crippen LogP contribution in [0.1, 0.15) is 37.7 Å². The van der Waals surface area contributed by atoms with Crippen molar-refractivity contribution < 1.29 is 14.3 Å². The Kier molecular flexibility index (Phi) is 3.61. The van der Waals surface area contributed by atoms with Gasteiger partial charge in [-0.05, 0) is 13.8 Å². The highest BCUT2D eigenvalue weighted by molar-refractivity contribution is 5.60. The van der Waals surface area contributed by atoms with Crippen molar-refractivity contribution in [2.75, 3.05) is 0 Å². The number of hydrogen-bond donors (Lipinski definition) is 2. The molecule has 2 atom stereocenters. The van der Waals surface area contributed by atoms with Crippen LogP contribution in [0.2, 0.25) is 0 Å². The molecule has 0 radical (unpaired) electrons. The maximum absolute atomic E-state index is 11.5. The highest BCUT2D eigenvalue weighted by Gasteiger charge is 2.18. The Morgan fingerprint density at radius 3 is 1.83 bits per heavy atom. The zero-order valence-electron chi connectivity index (χ0n) is 10.1. The molecule has 7 heteroatoms. The number of ether oxygens (including phenoxy) is 2. The molecule has 0 bridgehead atoms. The minimum absolute atomic E-state index is 0.490. The van der Waals surface area contributed by atoms with Crippen LogP contribution in [0, 0.1) is 0 Å². The number of carbonyl (C=O) groups excluding carboxylic acids is 1. The van der Waals surface area contributed by atoms with E-state index < -0.39 is 18.4 Å². The fraction of sp³-hybridized carbons (Fsp3) is 0.364. The van der Waals surface area contributed by atoms with E-state index >= 15 is 0 Å². The lowest BCUT2D eigenvalue weighted by Gasteiger charge is -2.14. The van der Waals surface area contributed by atoms with Crippen molar-refractivity contribution >= 4 is 6.16 Å². The molecular formula is C11H14N4O3. The molecule has 2 N–H and O–H groups in total. The van der Waals surface area contributed by atoms with Gasteiger partial charge in [-0.15, -0.1) is 0 Å². The summed E-state index contributed by atoms with van der Waals surface area (Å²) in [5, 5.41) is 0. The first-order valence-corrected chi connectivity index (χ1v) is 5.52. The number of imidazole rings is 2. The molecule has 96 valence electrons. The number of aromatic nitrogens is 4. The summed E-state index contributed by atoms with van der Waals surface area (Å²) in [4.78, 5) is 25.2. The fourth-order valence-electron chi connectivity index (χ4n) is 1.43. The van der Waals surface area contributed by atoms with Crippen LogP contribution in [0.5, 0.6) is 0 Å². The second kappa shape index (κ2) is 5.35. The lowest BCUT2D eigenvalue weighted by Crippen LogP contribution is -2.14. The van der Waals surface area contributed by atoms with E-state index in [9.17, 15) is 4.79 Å². The second-order valence-corrected chi connectivity index (χ2v) is 3.72. The molecule has 7 nitrogen and oxygen atoms in total. The summed E-state index contributed by atoms with van der Waals surface area (Å²) in [6, 6.07) is 0. The highest BCUT2D eigenvalue weighted by atomic mass is 16.7. The third-order valence-electron chi connectivity index (χ3n) is 2.35. The third-order valence-corrected chi connectivity index (χ3v) is 2.35. The summed E-state index contributed by atoms with van der Waals surface area (Å²) in [7, 11) is 0. The standard InChI is InChI=1S/C11H14N4O3/c1-7(9-12-3-4-13-9)17-11(16)18-8(2)10-14-5-6-15-10/h3-8H,1-2H3,(H,12,13)(H,14,15). The van der Waals surface area contributed by atoms with E-state index in [1.807, 2.05) is 0 Å². The molecule has 0 spiro atoms. The van der Waals surface area contributed by atoms with Crippen molar-refractivity contribution in [1.29, 1.82) is 0 Å². The van der Waals surface area contributed by atoms with Crippen LogP contribution in [-0.4, -0.2) is 26.1 Å². The van der Waals surface area contributed by atoms with Gasteiger partial charge in [0.05, 0.1) is 0 Å². The van der Waals surface area contributed by atoms with Gasteiger partial charge in [-0.2, -0.15) is 0 Å². The van der Waals surface area contributed by atoms with Crippen LogP contribution >= 0.6 is 0 Å². The number of rotatable bonds is 4. The Morgan fingerprint density at radius 1 is 1.06 bits per heavy atom. The van der Waals surface area contributed by atoms with Gasteiger partial charge in [0.15, 0.2) is 12.2 Å². The van der Waals surface area contributed by atoms with Crippen LogP contribution in [0.25, 0.3) is 0 Å². The van der Waals surface area contributed by atoms with Gasteiger partial charge in [0.2, 0.25) is 0 Å². The number of H-pyrrole nitrogens is 2. The molecule has 2 aromatic heterocycles. The molecule has 0 aliphatic rings. The number of aromatic amines is 2. The summed E-state index contributed by atoms with van der Waals surface area (Å²) in [6.45, 7) is 3.41. The molecule has 0 aromatic carbocycles. The Bertz CT molecular complexity index is 436. The van der Waals surface area contributed by atoms with Gasteiger partial charge in [-0.25, -0.2) is 14.8 Å². The minimum Gasteiger partial charge on any atom is -0.423 e. The topological polar surface area (TPSA) is 92.9 Å². The quantitative estimate of drug-likeness (QED) is 0.810. The molecule has 0 saturated heterocycles. The first-order chi connectivity index (χ1) is 8.66. The minimum atomic E-state index is -0.761. The summed E-state index contributed by atoms with van der Waals surface area (Å²) in [5.41, 5.74) is 0. The van der Waals surface area contributed by atoms with Crippen molar-refractivity contribution in [3.05, 3.63) is 36.4 Å². The van der Waals surface area contributed by atoms with Crippen molar-refractivity contribution in [2.24, 2.45) is 0 Å². The smallest absolute Gasteiger partial charge is 0.423 e. The highest BCUT2D eigenvalue weighted by Crippen LogP contribution is 2.16. The molecule has 2 heterocycles. The average molecular weight is 250 g/mol. The lowest BCUT2D eigenvalue weighted by atomic mass is 10.4. The summed E-state index contributed by atoms with van der Waals surface area (Å²) >= 11 is 0. The van der Waals surface area contributed by atoms with Gasteiger partial charge < -0.3 is 19.4 Å². The van der Waals surface area contributed by atoms with Gasteiger partial charge in [0, 0.05) is 24.8 Å². The van der Waals surface area contributed by atoms with E-state index in [4.69, 9.17) is 9.47 Å². The van der Waals surface area contributed by atoms with Gasteiger partial charge in [-0.1, -0.05) is 0 Å². The van der Waals surface area contributed by atoms with Crippen LogP contribution < -0.4 is 0 Å². The molecule has 0 saturated carbocycles. The largest absolute Gasteiger partial charge is 0.509 e. The molecule has 0 fully saturated rings. The molecular weight excluding hydrogens is 236 g/mol. The summed E-state index contributed by atoms with van der Waals surface area (Å²) < 4.78 is 10.1. The number of nitrogens with one attached hydrogen (secondary N) is 2. The molecule has 2 rings (SSSR count). The average Bonchev–Trinajstić information content (AvgIpc) is 3.02. The Hall–Kier alpha value is -2.31. The van der Waals surface area contributed by atoms with E-state index in [1.54, 1.807) is 38.6 Å². The SMILES string of the molecule is CC(OC(=O)OC(C)c1ncc[nH]1)c1ncc[nH]1. The fourth-order valence-corrected chi connectivity index (χ4v) is 1.43. The van der Waals surface area contributed by atoms with E-state index in [0.717, 1.165) is 0 Å². The number of nitrogens with zero attached hydrogens (tertiary/aromatic N) is 2. The number of hydrogen-bond acceptors (Lipinski definition) is 5. The van der Waals surface area contributed by atoms with Crippen molar-refractivity contribution in [2.45, 2.75) is 26.1 Å². The first kappa shape index (κ1) is 12.2. The van der Waals surface area contributed by atoms with Crippen LogP contribution in [-0.2, 0) is 9.47 Å². The summed E-state index contributed by atoms with van der Waals surface area (Å²) in [6.07, 6.45) is 4.76. The normalized spacial score (nSPS) is 13.9. The second-order valence-electron chi connectivity index (χ2n) is 3.72. The van der Waals surface area contributed by atoms with Crippen molar-refractivity contribution in [3.63, 3.8) is 0 Å². The van der Waals surface area contributed by atoms with E-state index in [2.05, 4.69) is 19.9 Å². The molecule has 2 aromatic rings. The Labute approximate surface area is 104 Å². The zero-order valence-corrected chi connectivity index (χ0v) is 10.1. The first-order valence-electron chi connectivity index (χ1n) is 5.52. The molecule has 2 unspecified atom stereocenters. The molecule has 0 amide bonds. The lowest BCUT2D eigenvalue weighted by molar-refractivity contribution is 0.00242. The van der Waals surface area contributed by atoms with Crippen LogP contribution in [0.4, 0.5) is 4.79 Å². The Morgan fingerprint density at radius 2 is 1.50 bits per heavy atom. The molecule has 0 aliphatic carbocycles. The number of carbonyl (C=O) groups is 1. The van der Waals surface area contributed by atoms with Gasteiger partial charge in [0.25, 0.3) is 0 Å². The van der Waals surface area contributed by atoms with Crippen LogP contribution in [0.3, 0.4) is 0 Å². The summed E-state index contributed by atoms with van der Waals surface area (Å²) in [5.74, 6) is 1.13. The van der Waals surface area contributed by atoms with Gasteiger partial charge in [-0.3, -0.25) is 0 Å². The van der Waals surface area contributed by atoms with Crippen molar-refractivity contribution in [3.8, 4) is 0 Å². The van der Waals surface area contributed by atoms with Crippen molar-refractivity contribution in [1.82, 2.24) is 19.9 Å².